The van der Waals surface area contributed by atoms with Gasteiger partial charge in [0.15, 0.2) is 5.13 Å². The Morgan fingerprint density at radius 1 is 1.10 bits per heavy atom. The maximum atomic E-state index is 13.2. The second-order valence-corrected chi connectivity index (χ2v) is 8.07. The molecule has 1 aromatic heterocycles. The Kier molecular flexibility index (Phi) is 5.86. The van der Waals surface area contributed by atoms with E-state index in [9.17, 15) is 14.9 Å². The molecule has 7 heteroatoms. The summed E-state index contributed by atoms with van der Waals surface area (Å²) >= 11 is 1.47. The Labute approximate surface area is 183 Å². The van der Waals surface area contributed by atoms with Crippen LogP contribution in [0.1, 0.15) is 16.7 Å². The van der Waals surface area contributed by atoms with E-state index in [2.05, 4.69) is 11.1 Å². The van der Waals surface area contributed by atoms with Crippen LogP contribution in [0, 0.1) is 17.0 Å². The maximum Gasteiger partial charge on any atom is 0.270 e. The number of hydrogen-bond acceptors (Lipinski definition) is 5. The number of nitro benzene ring substituents is 1. The van der Waals surface area contributed by atoms with Gasteiger partial charge in [0.1, 0.15) is 0 Å². The van der Waals surface area contributed by atoms with Crippen molar-refractivity contribution in [1.29, 1.82) is 0 Å². The van der Waals surface area contributed by atoms with Crippen LogP contribution in [0.2, 0.25) is 0 Å². The van der Waals surface area contributed by atoms with Crippen LogP contribution < -0.4 is 4.90 Å². The van der Waals surface area contributed by atoms with E-state index in [1.165, 1.54) is 29.5 Å². The molecule has 4 rings (SSSR count). The Morgan fingerprint density at radius 3 is 2.68 bits per heavy atom. The van der Waals surface area contributed by atoms with Crippen LogP contribution in [-0.4, -0.2) is 15.8 Å². The molecule has 0 aliphatic heterocycles. The minimum Gasteiger partial charge on any atom is -0.280 e. The van der Waals surface area contributed by atoms with E-state index in [0.717, 1.165) is 21.3 Å². The van der Waals surface area contributed by atoms with Gasteiger partial charge in [0.05, 0.1) is 21.7 Å². The average molecular weight is 430 g/mol. The molecule has 0 saturated carbocycles. The van der Waals surface area contributed by atoms with Gasteiger partial charge in [-0.2, -0.15) is 0 Å². The molecule has 0 saturated heterocycles. The van der Waals surface area contributed by atoms with Crippen LogP contribution in [0.15, 0.2) is 78.9 Å². The van der Waals surface area contributed by atoms with Crippen molar-refractivity contribution in [3.05, 3.63) is 106 Å². The van der Waals surface area contributed by atoms with E-state index in [1.54, 1.807) is 23.1 Å². The van der Waals surface area contributed by atoms with Gasteiger partial charge in [-0.25, -0.2) is 4.98 Å². The van der Waals surface area contributed by atoms with Crippen molar-refractivity contribution in [2.75, 3.05) is 4.90 Å². The van der Waals surface area contributed by atoms with Crippen LogP contribution in [-0.2, 0) is 11.3 Å². The van der Waals surface area contributed by atoms with Crippen LogP contribution in [0.3, 0.4) is 0 Å². The molecule has 6 nitrogen and oxygen atoms in total. The lowest BCUT2D eigenvalue weighted by Gasteiger charge is -2.18. The lowest BCUT2D eigenvalue weighted by atomic mass is 10.2. The first-order chi connectivity index (χ1) is 15.0. The Morgan fingerprint density at radius 2 is 1.90 bits per heavy atom. The molecule has 0 N–H and O–H groups in total. The SMILES string of the molecule is Cc1ccc2nc(N(Cc3ccccc3)C(=O)/C=C/c3cccc([N+](=O)[O-])c3)sc2c1. The standard InChI is InChI=1S/C24H19N3O3S/c1-17-10-12-21-22(14-17)31-24(25-21)26(16-19-6-3-2-4-7-19)23(28)13-11-18-8-5-9-20(15-18)27(29)30/h2-15H,16H2,1H3/b13-11+. The monoisotopic (exact) mass is 429 g/mol. The van der Waals surface area contributed by atoms with Crippen molar-refractivity contribution < 1.29 is 9.72 Å². The highest BCUT2D eigenvalue weighted by atomic mass is 32.1. The fourth-order valence-electron chi connectivity index (χ4n) is 3.14. The number of amides is 1. The highest BCUT2D eigenvalue weighted by Crippen LogP contribution is 2.31. The zero-order chi connectivity index (χ0) is 21.8. The number of benzene rings is 3. The van der Waals surface area contributed by atoms with Crippen LogP contribution in [0.25, 0.3) is 16.3 Å². The fourth-order valence-corrected chi connectivity index (χ4v) is 4.21. The summed E-state index contributed by atoms with van der Waals surface area (Å²) in [4.78, 5) is 30.0. The highest BCUT2D eigenvalue weighted by molar-refractivity contribution is 7.22. The van der Waals surface area contributed by atoms with E-state index in [4.69, 9.17) is 0 Å². The molecule has 0 spiro atoms. The third kappa shape index (κ3) is 4.84. The predicted octanol–water partition coefficient (Wildman–Crippen LogP) is 5.76. The average Bonchev–Trinajstić information content (AvgIpc) is 3.19. The van der Waals surface area contributed by atoms with E-state index < -0.39 is 4.92 Å². The van der Waals surface area contributed by atoms with Crippen molar-refractivity contribution in [1.82, 2.24) is 4.98 Å². The van der Waals surface area contributed by atoms with Gasteiger partial charge in [-0.05, 0) is 41.8 Å². The summed E-state index contributed by atoms with van der Waals surface area (Å²) in [5.74, 6) is -0.244. The van der Waals surface area contributed by atoms with E-state index >= 15 is 0 Å². The second-order valence-electron chi connectivity index (χ2n) is 7.06. The molecule has 0 unspecified atom stereocenters. The largest absolute Gasteiger partial charge is 0.280 e. The number of nitro groups is 1. The minimum atomic E-state index is -0.454. The summed E-state index contributed by atoms with van der Waals surface area (Å²) in [5, 5.41) is 11.6. The summed E-state index contributed by atoms with van der Waals surface area (Å²) in [7, 11) is 0. The van der Waals surface area contributed by atoms with Gasteiger partial charge in [-0.1, -0.05) is 59.9 Å². The van der Waals surface area contributed by atoms with Gasteiger partial charge in [0, 0.05) is 18.2 Å². The lowest BCUT2D eigenvalue weighted by molar-refractivity contribution is -0.384. The van der Waals surface area contributed by atoms with Crippen molar-refractivity contribution in [3.63, 3.8) is 0 Å². The van der Waals surface area contributed by atoms with Gasteiger partial charge in [0.2, 0.25) is 0 Å². The number of aryl methyl sites for hydroxylation is 1. The number of carbonyl (C=O) groups excluding carboxylic acids is 1. The Bertz CT molecular complexity index is 1280. The molecule has 4 aromatic rings. The molecule has 0 atom stereocenters. The first kappa shape index (κ1) is 20.4. The van der Waals surface area contributed by atoms with Crippen molar-refractivity contribution in [2.45, 2.75) is 13.5 Å². The molecule has 154 valence electrons. The number of anilines is 1. The van der Waals surface area contributed by atoms with Crippen LogP contribution in [0.4, 0.5) is 10.8 Å². The van der Waals surface area contributed by atoms with Gasteiger partial charge >= 0.3 is 0 Å². The van der Waals surface area contributed by atoms with Gasteiger partial charge in [0.25, 0.3) is 11.6 Å². The normalized spacial score (nSPS) is 11.1. The summed E-state index contributed by atoms with van der Waals surface area (Å²) in [6, 6.07) is 21.9. The van der Waals surface area contributed by atoms with Crippen LogP contribution in [0.5, 0.6) is 0 Å². The number of rotatable bonds is 6. The van der Waals surface area contributed by atoms with E-state index in [1.807, 2.05) is 49.4 Å². The number of hydrogen-bond donors (Lipinski definition) is 0. The Balaban J connectivity index is 1.66. The number of fused-ring (bicyclic) bond motifs is 1. The molecular formula is C24H19N3O3S. The number of thiazole rings is 1. The summed E-state index contributed by atoms with van der Waals surface area (Å²) in [6.07, 6.45) is 3.02. The molecular weight excluding hydrogens is 410 g/mol. The Hall–Kier alpha value is -3.84. The molecule has 0 fully saturated rings. The van der Waals surface area contributed by atoms with Crippen LogP contribution >= 0.6 is 11.3 Å². The third-order valence-corrected chi connectivity index (χ3v) is 5.75. The third-order valence-electron chi connectivity index (χ3n) is 4.71. The second kappa shape index (κ2) is 8.89. The first-order valence-electron chi connectivity index (χ1n) is 9.65. The van der Waals surface area contributed by atoms with Gasteiger partial charge in [-0.3, -0.25) is 19.8 Å². The molecule has 0 radical (unpaired) electrons. The van der Waals surface area contributed by atoms with Crippen molar-refractivity contribution in [2.24, 2.45) is 0 Å². The fraction of sp³-hybridized carbons (Fsp3) is 0.0833. The topological polar surface area (TPSA) is 76.3 Å². The number of aromatic nitrogens is 1. The van der Waals surface area contributed by atoms with E-state index in [0.29, 0.717) is 17.2 Å². The molecule has 31 heavy (non-hydrogen) atoms. The number of carbonyl (C=O) groups is 1. The number of nitrogens with zero attached hydrogens (tertiary/aromatic N) is 3. The maximum absolute atomic E-state index is 13.2. The summed E-state index contributed by atoms with van der Waals surface area (Å²) in [6.45, 7) is 2.39. The summed E-state index contributed by atoms with van der Waals surface area (Å²) in [5.41, 5.74) is 3.53. The van der Waals surface area contributed by atoms with Crippen molar-refractivity contribution in [3.8, 4) is 0 Å². The van der Waals surface area contributed by atoms with Gasteiger partial charge < -0.3 is 0 Å². The lowest BCUT2D eigenvalue weighted by Crippen LogP contribution is -2.28. The molecule has 0 bridgehead atoms. The molecule has 1 amide bonds. The van der Waals surface area contributed by atoms with Crippen molar-refractivity contribution >= 4 is 44.4 Å². The zero-order valence-corrected chi connectivity index (χ0v) is 17.6. The molecule has 0 aliphatic rings. The highest BCUT2D eigenvalue weighted by Gasteiger charge is 2.18. The molecule has 1 heterocycles. The van der Waals surface area contributed by atoms with E-state index in [-0.39, 0.29) is 11.6 Å². The first-order valence-corrected chi connectivity index (χ1v) is 10.5. The quantitative estimate of drug-likeness (QED) is 0.222. The molecule has 0 aliphatic carbocycles. The minimum absolute atomic E-state index is 0.0164. The molecule has 3 aromatic carbocycles. The zero-order valence-electron chi connectivity index (χ0n) is 16.8. The summed E-state index contributed by atoms with van der Waals surface area (Å²) < 4.78 is 1.02. The smallest absolute Gasteiger partial charge is 0.270 e. The van der Waals surface area contributed by atoms with Gasteiger partial charge in [-0.15, -0.1) is 0 Å². The predicted molar refractivity (Wildman–Crippen MR) is 124 cm³/mol. The number of non-ortho nitro benzene ring substituents is 1.